The van der Waals surface area contributed by atoms with Gasteiger partial charge in [0.05, 0.1) is 17.4 Å². The van der Waals surface area contributed by atoms with Crippen LogP contribution in [-0.2, 0) is 14.6 Å². The van der Waals surface area contributed by atoms with Crippen LogP contribution in [-0.4, -0.2) is 45.0 Å². The predicted octanol–water partition coefficient (Wildman–Crippen LogP) is -1.10. The largest absolute Gasteiger partial charge is 0.352 e. The summed E-state index contributed by atoms with van der Waals surface area (Å²) in [6.07, 6.45) is 1.42. The molecule has 6 heteroatoms. The molecule has 2 rings (SSSR count). The van der Waals surface area contributed by atoms with Crippen LogP contribution in [0.25, 0.3) is 0 Å². The second-order valence-electron chi connectivity index (χ2n) is 4.30. The van der Waals surface area contributed by atoms with Gasteiger partial charge in [-0.15, -0.1) is 0 Å². The highest BCUT2D eigenvalue weighted by molar-refractivity contribution is 7.91. The van der Waals surface area contributed by atoms with Crippen LogP contribution in [0.1, 0.15) is 12.8 Å². The lowest BCUT2D eigenvalue weighted by Gasteiger charge is -2.14. The molecule has 86 valence electrons. The minimum atomic E-state index is -2.89. The summed E-state index contributed by atoms with van der Waals surface area (Å²) in [5.74, 6) is 0.343. The van der Waals surface area contributed by atoms with Crippen LogP contribution in [0.3, 0.4) is 0 Å². The van der Waals surface area contributed by atoms with E-state index in [1.54, 1.807) is 0 Å². The monoisotopic (exact) mass is 232 g/mol. The van der Waals surface area contributed by atoms with Gasteiger partial charge in [-0.3, -0.25) is 4.79 Å². The van der Waals surface area contributed by atoms with Crippen LogP contribution in [0.4, 0.5) is 0 Å². The molecule has 2 heterocycles. The Kier molecular flexibility index (Phi) is 2.97. The fourth-order valence-electron chi connectivity index (χ4n) is 2.11. The van der Waals surface area contributed by atoms with Crippen molar-refractivity contribution in [3.8, 4) is 0 Å². The zero-order chi connectivity index (χ0) is 10.9. The second kappa shape index (κ2) is 4.09. The van der Waals surface area contributed by atoms with E-state index in [0.29, 0.717) is 13.0 Å². The number of carbonyl (C=O) groups excluding carboxylic acids is 1. The van der Waals surface area contributed by atoms with Crippen LogP contribution in [0, 0.1) is 5.92 Å². The van der Waals surface area contributed by atoms with Crippen molar-refractivity contribution in [2.45, 2.75) is 18.9 Å². The molecular formula is C9H16N2O3S. The fourth-order valence-corrected chi connectivity index (χ4v) is 3.78. The number of hydrogen-bond acceptors (Lipinski definition) is 4. The predicted molar refractivity (Wildman–Crippen MR) is 56.2 cm³/mol. The van der Waals surface area contributed by atoms with Crippen LogP contribution < -0.4 is 10.6 Å². The highest BCUT2D eigenvalue weighted by atomic mass is 32.2. The molecule has 0 saturated carbocycles. The lowest BCUT2D eigenvalue weighted by molar-refractivity contribution is -0.124. The Morgan fingerprint density at radius 1 is 1.33 bits per heavy atom. The molecule has 2 saturated heterocycles. The van der Waals surface area contributed by atoms with Crippen LogP contribution in [0.2, 0.25) is 0 Å². The third kappa shape index (κ3) is 2.69. The van der Waals surface area contributed by atoms with Crippen molar-refractivity contribution in [1.82, 2.24) is 10.6 Å². The van der Waals surface area contributed by atoms with E-state index in [0.717, 1.165) is 13.0 Å². The van der Waals surface area contributed by atoms with Gasteiger partial charge in [0.25, 0.3) is 0 Å². The van der Waals surface area contributed by atoms with Gasteiger partial charge in [-0.1, -0.05) is 0 Å². The minimum absolute atomic E-state index is 0.00194. The van der Waals surface area contributed by atoms with Crippen molar-refractivity contribution in [2.75, 3.05) is 24.6 Å². The topological polar surface area (TPSA) is 75.3 Å². The number of nitrogens with one attached hydrogen (secondary N) is 2. The zero-order valence-electron chi connectivity index (χ0n) is 8.53. The third-order valence-corrected chi connectivity index (χ3v) is 4.78. The number of hydrogen-bond donors (Lipinski definition) is 2. The second-order valence-corrected chi connectivity index (χ2v) is 6.53. The van der Waals surface area contributed by atoms with E-state index in [2.05, 4.69) is 10.6 Å². The van der Waals surface area contributed by atoms with E-state index in [9.17, 15) is 13.2 Å². The first kappa shape index (κ1) is 10.9. The smallest absolute Gasteiger partial charge is 0.224 e. The molecule has 0 aromatic carbocycles. The SMILES string of the molecule is O=C(NC1CCS(=O)(=O)C1)C1CCNC1. The Bertz CT molecular complexity index is 346. The van der Waals surface area contributed by atoms with Crippen LogP contribution in [0.5, 0.6) is 0 Å². The first-order chi connectivity index (χ1) is 7.07. The van der Waals surface area contributed by atoms with Gasteiger partial charge >= 0.3 is 0 Å². The number of sulfone groups is 1. The van der Waals surface area contributed by atoms with Gasteiger partial charge in [-0.25, -0.2) is 8.42 Å². The van der Waals surface area contributed by atoms with Crippen LogP contribution in [0.15, 0.2) is 0 Å². The molecule has 2 aliphatic heterocycles. The molecule has 0 bridgehead atoms. The lowest BCUT2D eigenvalue weighted by Crippen LogP contribution is -2.40. The molecule has 5 nitrogen and oxygen atoms in total. The highest BCUT2D eigenvalue weighted by Crippen LogP contribution is 2.13. The average molecular weight is 232 g/mol. The van der Waals surface area contributed by atoms with Gasteiger partial charge in [-0.2, -0.15) is 0 Å². The molecule has 15 heavy (non-hydrogen) atoms. The van der Waals surface area contributed by atoms with Gasteiger partial charge in [0, 0.05) is 12.6 Å². The number of rotatable bonds is 2. The maximum absolute atomic E-state index is 11.7. The van der Waals surface area contributed by atoms with Gasteiger partial charge in [0.1, 0.15) is 0 Å². The zero-order valence-corrected chi connectivity index (χ0v) is 9.35. The van der Waals surface area contributed by atoms with Gasteiger partial charge < -0.3 is 10.6 Å². The number of amides is 1. The van der Waals surface area contributed by atoms with Crippen molar-refractivity contribution in [2.24, 2.45) is 5.92 Å². The molecule has 0 aromatic heterocycles. The molecule has 2 N–H and O–H groups in total. The Hall–Kier alpha value is -0.620. The molecule has 2 unspecified atom stereocenters. The van der Waals surface area contributed by atoms with Crippen molar-refractivity contribution < 1.29 is 13.2 Å². The first-order valence-corrected chi connectivity index (χ1v) is 7.10. The Morgan fingerprint density at radius 3 is 2.67 bits per heavy atom. The molecule has 2 aliphatic rings. The van der Waals surface area contributed by atoms with E-state index in [1.165, 1.54) is 0 Å². The fraction of sp³-hybridized carbons (Fsp3) is 0.889. The number of carbonyl (C=O) groups is 1. The summed E-state index contributed by atoms with van der Waals surface area (Å²) in [7, 11) is -2.89. The molecular weight excluding hydrogens is 216 g/mol. The summed E-state index contributed by atoms with van der Waals surface area (Å²) >= 11 is 0. The summed E-state index contributed by atoms with van der Waals surface area (Å²) in [6.45, 7) is 1.59. The summed E-state index contributed by atoms with van der Waals surface area (Å²) in [6, 6.07) is -0.164. The first-order valence-electron chi connectivity index (χ1n) is 5.28. The van der Waals surface area contributed by atoms with E-state index in [4.69, 9.17) is 0 Å². The summed E-state index contributed by atoms with van der Waals surface area (Å²) < 4.78 is 22.4. The highest BCUT2D eigenvalue weighted by Gasteiger charge is 2.31. The van der Waals surface area contributed by atoms with Crippen molar-refractivity contribution in [3.05, 3.63) is 0 Å². The quantitative estimate of drug-likeness (QED) is 0.633. The molecule has 2 atom stereocenters. The Labute approximate surface area is 89.5 Å². The summed E-state index contributed by atoms with van der Waals surface area (Å²) in [5, 5.41) is 5.93. The van der Waals surface area contributed by atoms with Crippen molar-refractivity contribution >= 4 is 15.7 Å². The van der Waals surface area contributed by atoms with E-state index in [-0.39, 0.29) is 29.4 Å². The molecule has 0 aromatic rings. The standard InChI is InChI=1S/C9H16N2O3S/c12-9(7-1-3-10-5-7)11-8-2-4-15(13,14)6-8/h7-8,10H,1-6H2,(H,11,12). The normalized spacial score (nSPS) is 34.1. The third-order valence-electron chi connectivity index (χ3n) is 3.01. The van der Waals surface area contributed by atoms with Crippen LogP contribution >= 0.6 is 0 Å². The van der Waals surface area contributed by atoms with E-state index in [1.807, 2.05) is 0 Å². The van der Waals surface area contributed by atoms with Gasteiger partial charge in [-0.05, 0) is 19.4 Å². The maximum atomic E-state index is 11.7. The average Bonchev–Trinajstić information content (AvgIpc) is 2.74. The summed E-state index contributed by atoms with van der Waals surface area (Å²) in [5.41, 5.74) is 0. The molecule has 0 aliphatic carbocycles. The molecule has 1 amide bonds. The van der Waals surface area contributed by atoms with E-state index >= 15 is 0 Å². The van der Waals surface area contributed by atoms with Gasteiger partial charge in [0.2, 0.25) is 5.91 Å². The van der Waals surface area contributed by atoms with Crippen molar-refractivity contribution in [3.63, 3.8) is 0 Å². The lowest BCUT2D eigenvalue weighted by atomic mass is 10.1. The van der Waals surface area contributed by atoms with E-state index < -0.39 is 9.84 Å². The Balaban J connectivity index is 1.85. The molecule has 2 fully saturated rings. The molecule has 0 radical (unpaired) electrons. The summed E-state index contributed by atoms with van der Waals surface area (Å²) in [4.78, 5) is 11.7. The maximum Gasteiger partial charge on any atom is 0.224 e. The van der Waals surface area contributed by atoms with Crippen molar-refractivity contribution in [1.29, 1.82) is 0 Å². The Morgan fingerprint density at radius 2 is 2.13 bits per heavy atom. The van der Waals surface area contributed by atoms with Gasteiger partial charge in [0.15, 0.2) is 9.84 Å². The molecule has 0 spiro atoms. The minimum Gasteiger partial charge on any atom is -0.352 e.